The minimum atomic E-state index is -4.34. The largest absolute Gasteiger partial charge is 0.495 e. The highest BCUT2D eigenvalue weighted by Gasteiger charge is 2.30. The van der Waals surface area contributed by atoms with Crippen molar-refractivity contribution in [1.29, 1.82) is 0 Å². The Bertz CT molecular complexity index is 1830. The number of amides is 1. The summed E-state index contributed by atoms with van der Waals surface area (Å²) in [6.45, 7) is 7.46. The van der Waals surface area contributed by atoms with Gasteiger partial charge >= 0.3 is 0 Å². The number of benzene rings is 3. The highest BCUT2D eigenvalue weighted by Crippen LogP contribution is 2.37. The van der Waals surface area contributed by atoms with E-state index in [9.17, 15) is 13.2 Å². The van der Waals surface area contributed by atoms with Crippen molar-refractivity contribution in [1.82, 2.24) is 9.99 Å². The number of sulfonamides is 1. The summed E-state index contributed by atoms with van der Waals surface area (Å²) in [5.41, 5.74) is 8.64. The summed E-state index contributed by atoms with van der Waals surface area (Å²) < 4.78 is 47.0. The molecule has 0 spiro atoms. The van der Waals surface area contributed by atoms with Crippen LogP contribution in [0.25, 0.3) is 5.69 Å². The number of halogens is 1. The average molecular weight is 639 g/mol. The highest BCUT2D eigenvalue weighted by atomic mass is 35.5. The first kappa shape index (κ1) is 32.4. The summed E-state index contributed by atoms with van der Waals surface area (Å²) >= 11 is 6.24. The number of nitrogens with zero attached hydrogens (tertiary/aromatic N) is 3. The van der Waals surface area contributed by atoms with Gasteiger partial charge in [-0.05, 0) is 75.7 Å². The van der Waals surface area contributed by atoms with Gasteiger partial charge in [-0.1, -0.05) is 29.3 Å². The van der Waals surface area contributed by atoms with Crippen molar-refractivity contribution in [3.8, 4) is 22.9 Å². The van der Waals surface area contributed by atoms with Gasteiger partial charge in [0.05, 0.1) is 38.1 Å². The third kappa shape index (κ3) is 6.68. The molecule has 12 heteroatoms. The lowest BCUT2D eigenvalue weighted by Gasteiger charge is -2.25. The molecule has 0 aliphatic rings. The third-order valence-corrected chi connectivity index (χ3v) is 9.09. The first-order valence-corrected chi connectivity index (χ1v) is 15.4. The zero-order valence-corrected chi connectivity index (χ0v) is 27.2. The van der Waals surface area contributed by atoms with E-state index in [0.29, 0.717) is 5.75 Å². The lowest BCUT2D eigenvalue weighted by molar-refractivity contribution is -0.119. The van der Waals surface area contributed by atoms with Crippen LogP contribution in [0, 0.1) is 27.7 Å². The van der Waals surface area contributed by atoms with Crippen LogP contribution >= 0.6 is 11.6 Å². The first-order valence-electron chi connectivity index (χ1n) is 13.6. The number of hydrazone groups is 1. The Kier molecular flexibility index (Phi) is 9.91. The molecule has 1 heterocycles. The standard InChI is InChI=1S/C32H35ClN4O6S/c1-20-8-11-27(21(2)14-20)37-22(3)15-24(23(37)4)18-34-35-32(38)19-36(28-16-25(33)9-12-29(28)41-5)44(39,40)26-10-13-30(42-6)31(17-26)43-7/h8-18H,19H2,1-7H3,(H,35,38)/b34-18-. The van der Waals surface area contributed by atoms with Crippen LogP contribution in [0.3, 0.4) is 0 Å². The maximum atomic E-state index is 14.0. The van der Waals surface area contributed by atoms with E-state index in [2.05, 4.69) is 47.1 Å². The molecule has 4 rings (SSSR count). The summed E-state index contributed by atoms with van der Waals surface area (Å²) in [4.78, 5) is 13.1. The number of hydrogen-bond donors (Lipinski definition) is 1. The second-order valence-electron chi connectivity index (χ2n) is 10.1. The predicted octanol–water partition coefficient (Wildman–Crippen LogP) is 5.74. The van der Waals surface area contributed by atoms with Gasteiger partial charge in [-0.2, -0.15) is 5.10 Å². The molecule has 0 radical (unpaired) electrons. The van der Waals surface area contributed by atoms with E-state index in [-0.39, 0.29) is 27.1 Å². The molecule has 0 unspecified atom stereocenters. The molecule has 1 amide bonds. The molecule has 0 atom stereocenters. The third-order valence-electron chi connectivity index (χ3n) is 7.10. The van der Waals surface area contributed by atoms with Gasteiger partial charge in [-0.15, -0.1) is 0 Å². The van der Waals surface area contributed by atoms with E-state index in [1.165, 1.54) is 63.4 Å². The molecule has 1 aromatic heterocycles. The molecule has 0 aliphatic carbocycles. The summed E-state index contributed by atoms with van der Waals surface area (Å²) in [5, 5.41) is 4.40. The number of hydrogen-bond acceptors (Lipinski definition) is 7. The van der Waals surface area contributed by atoms with Crippen LogP contribution in [0.2, 0.25) is 5.02 Å². The Hall–Kier alpha value is -4.48. The quantitative estimate of drug-likeness (QED) is 0.166. The SMILES string of the molecule is COc1ccc(S(=O)(=O)N(CC(=O)N/N=C\c2cc(C)n(-c3ccc(C)cc3C)c2C)c2cc(Cl)ccc2OC)cc1OC. The van der Waals surface area contributed by atoms with E-state index >= 15 is 0 Å². The molecule has 4 aromatic rings. The molecule has 3 aromatic carbocycles. The molecule has 0 aliphatic heterocycles. The molecular formula is C32H35ClN4O6S. The number of anilines is 1. The fourth-order valence-electron chi connectivity index (χ4n) is 4.95. The van der Waals surface area contributed by atoms with Gasteiger partial charge in [0, 0.05) is 33.7 Å². The Morgan fingerprint density at radius 2 is 1.59 bits per heavy atom. The number of nitrogens with one attached hydrogen (secondary N) is 1. The van der Waals surface area contributed by atoms with Crippen molar-refractivity contribution in [2.24, 2.45) is 5.10 Å². The lowest BCUT2D eigenvalue weighted by Crippen LogP contribution is -2.39. The Morgan fingerprint density at radius 3 is 2.25 bits per heavy atom. The molecule has 1 N–H and O–H groups in total. The van der Waals surface area contributed by atoms with Crippen LogP contribution in [-0.4, -0.2) is 53.0 Å². The van der Waals surface area contributed by atoms with Gasteiger partial charge in [0.2, 0.25) is 0 Å². The monoisotopic (exact) mass is 638 g/mol. The smallest absolute Gasteiger partial charge is 0.265 e. The van der Waals surface area contributed by atoms with Crippen LogP contribution in [-0.2, 0) is 14.8 Å². The fraction of sp³-hybridized carbons (Fsp3) is 0.250. The van der Waals surface area contributed by atoms with Crippen molar-refractivity contribution in [2.45, 2.75) is 32.6 Å². The van der Waals surface area contributed by atoms with E-state index in [1.54, 1.807) is 6.07 Å². The first-order chi connectivity index (χ1) is 20.9. The van der Waals surface area contributed by atoms with E-state index < -0.39 is 22.5 Å². The Balaban J connectivity index is 1.64. The van der Waals surface area contributed by atoms with Crippen molar-refractivity contribution in [2.75, 3.05) is 32.2 Å². The number of ether oxygens (including phenoxy) is 3. The lowest BCUT2D eigenvalue weighted by atomic mass is 10.1. The summed E-state index contributed by atoms with van der Waals surface area (Å²) in [6.07, 6.45) is 1.54. The van der Waals surface area contributed by atoms with Gasteiger partial charge < -0.3 is 18.8 Å². The summed E-state index contributed by atoms with van der Waals surface area (Å²) in [5.74, 6) is 0.0745. The normalized spacial score (nSPS) is 11.5. The van der Waals surface area contributed by atoms with Gasteiger partial charge in [0.15, 0.2) is 11.5 Å². The van der Waals surface area contributed by atoms with Crippen molar-refractivity contribution < 1.29 is 27.4 Å². The number of methoxy groups -OCH3 is 3. The summed E-state index contributed by atoms with van der Waals surface area (Å²) in [6, 6.07) is 16.9. The van der Waals surface area contributed by atoms with Crippen LogP contribution in [0.1, 0.15) is 28.1 Å². The zero-order chi connectivity index (χ0) is 32.2. The van der Waals surface area contributed by atoms with Gasteiger partial charge in [0.25, 0.3) is 15.9 Å². The van der Waals surface area contributed by atoms with E-state index in [1.807, 2.05) is 19.9 Å². The Labute approximate surface area is 262 Å². The molecule has 0 saturated heterocycles. The Morgan fingerprint density at radius 1 is 0.909 bits per heavy atom. The second kappa shape index (κ2) is 13.4. The minimum Gasteiger partial charge on any atom is -0.495 e. The average Bonchev–Trinajstić information content (AvgIpc) is 3.27. The molecule has 10 nitrogen and oxygen atoms in total. The van der Waals surface area contributed by atoms with Crippen molar-refractivity contribution in [3.05, 3.63) is 93.8 Å². The van der Waals surface area contributed by atoms with Crippen LogP contribution in [0.5, 0.6) is 17.2 Å². The van der Waals surface area contributed by atoms with Crippen LogP contribution in [0.15, 0.2) is 70.7 Å². The van der Waals surface area contributed by atoms with Gasteiger partial charge in [-0.25, -0.2) is 13.8 Å². The van der Waals surface area contributed by atoms with Crippen molar-refractivity contribution in [3.63, 3.8) is 0 Å². The molecular weight excluding hydrogens is 604 g/mol. The molecule has 0 saturated carbocycles. The zero-order valence-electron chi connectivity index (χ0n) is 25.6. The second-order valence-corrected chi connectivity index (χ2v) is 12.4. The molecule has 0 bridgehead atoms. The van der Waals surface area contributed by atoms with Crippen LogP contribution < -0.4 is 23.9 Å². The number of aryl methyl sites for hydroxylation is 3. The molecule has 0 fully saturated rings. The predicted molar refractivity (Wildman–Crippen MR) is 173 cm³/mol. The highest BCUT2D eigenvalue weighted by molar-refractivity contribution is 7.92. The van der Waals surface area contributed by atoms with E-state index in [0.717, 1.165) is 32.5 Å². The van der Waals surface area contributed by atoms with Crippen LogP contribution in [0.4, 0.5) is 5.69 Å². The number of aromatic nitrogens is 1. The van der Waals surface area contributed by atoms with E-state index in [4.69, 9.17) is 25.8 Å². The number of carbonyl (C=O) groups excluding carboxylic acids is 1. The maximum absolute atomic E-state index is 14.0. The fourth-order valence-corrected chi connectivity index (χ4v) is 6.55. The van der Waals surface area contributed by atoms with Gasteiger partial charge in [0.1, 0.15) is 12.3 Å². The van der Waals surface area contributed by atoms with Crippen molar-refractivity contribution >= 4 is 39.4 Å². The van der Waals surface area contributed by atoms with Gasteiger partial charge in [-0.3, -0.25) is 9.10 Å². The number of carbonyl (C=O) groups is 1. The maximum Gasteiger partial charge on any atom is 0.265 e. The number of rotatable bonds is 11. The molecule has 232 valence electrons. The minimum absolute atomic E-state index is 0.0749. The molecule has 44 heavy (non-hydrogen) atoms. The topological polar surface area (TPSA) is 111 Å². The summed E-state index contributed by atoms with van der Waals surface area (Å²) in [7, 11) is -0.0960.